The van der Waals surface area contributed by atoms with Crippen LogP contribution in [0.4, 0.5) is 0 Å². The van der Waals surface area contributed by atoms with Gasteiger partial charge in [0.15, 0.2) is 0 Å². The van der Waals surface area contributed by atoms with Gasteiger partial charge in [-0.2, -0.15) is 0 Å². The molecule has 1 saturated heterocycles. The van der Waals surface area contributed by atoms with Gasteiger partial charge in [-0.1, -0.05) is 63.2 Å². The Balaban J connectivity index is 0.000000924. The average molecular weight is 330 g/mol. The number of benzene rings is 2. The van der Waals surface area contributed by atoms with E-state index in [9.17, 15) is 4.21 Å². The standard InChI is InChI=1S/C18H21NOS.C2H6/c1-15-11-13-19(14-12-15)21(20)18-9-7-17(8-10-18)16-5-3-2-4-6-16;1-2/h2-10,15H,11-14H2,1H3;1-2H3. The summed E-state index contributed by atoms with van der Waals surface area (Å²) in [7, 11) is -1.02. The summed E-state index contributed by atoms with van der Waals surface area (Å²) in [6.07, 6.45) is 2.29. The highest BCUT2D eigenvalue weighted by atomic mass is 32.2. The Hall–Kier alpha value is -1.45. The molecule has 2 aromatic carbocycles. The van der Waals surface area contributed by atoms with Gasteiger partial charge in [-0.25, -0.2) is 8.51 Å². The Morgan fingerprint density at radius 2 is 1.39 bits per heavy atom. The lowest BCUT2D eigenvalue weighted by Gasteiger charge is -2.28. The second-order valence-electron chi connectivity index (χ2n) is 5.75. The molecule has 0 bridgehead atoms. The topological polar surface area (TPSA) is 20.3 Å². The lowest BCUT2D eigenvalue weighted by Crippen LogP contribution is -2.34. The summed E-state index contributed by atoms with van der Waals surface area (Å²) in [5.74, 6) is 0.763. The number of rotatable bonds is 3. The van der Waals surface area contributed by atoms with Gasteiger partial charge in [0.25, 0.3) is 0 Å². The summed E-state index contributed by atoms with van der Waals surface area (Å²) >= 11 is 0. The third-order valence-corrected chi connectivity index (χ3v) is 5.65. The van der Waals surface area contributed by atoms with E-state index in [1.54, 1.807) is 0 Å². The molecule has 124 valence electrons. The van der Waals surface area contributed by atoms with Gasteiger partial charge in [-0.3, -0.25) is 0 Å². The molecule has 1 heterocycles. The zero-order valence-corrected chi connectivity index (χ0v) is 15.2. The van der Waals surface area contributed by atoms with E-state index in [4.69, 9.17) is 0 Å². The van der Waals surface area contributed by atoms with E-state index in [1.807, 2.05) is 44.2 Å². The zero-order chi connectivity index (χ0) is 16.7. The van der Waals surface area contributed by atoms with Crippen LogP contribution in [-0.2, 0) is 11.0 Å². The van der Waals surface area contributed by atoms with Crippen molar-refractivity contribution < 1.29 is 4.21 Å². The molecule has 0 aliphatic carbocycles. The van der Waals surface area contributed by atoms with Crippen LogP contribution < -0.4 is 0 Å². The predicted octanol–water partition coefficient (Wildman–Crippen LogP) is 5.13. The van der Waals surface area contributed by atoms with Crippen molar-refractivity contribution >= 4 is 11.0 Å². The van der Waals surface area contributed by atoms with E-state index < -0.39 is 11.0 Å². The molecule has 1 atom stereocenters. The molecule has 0 amide bonds. The lowest BCUT2D eigenvalue weighted by molar-refractivity contribution is 0.299. The number of hydrogen-bond donors (Lipinski definition) is 0. The van der Waals surface area contributed by atoms with Crippen LogP contribution in [0.5, 0.6) is 0 Å². The van der Waals surface area contributed by atoms with Crippen molar-refractivity contribution in [3.05, 3.63) is 54.6 Å². The van der Waals surface area contributed by atoms with Crippen molar-refractivity contribution in [3.63, 3.8) is 0 Å². The van der Waals surface area contributed by atoms with Crippen LogP contribution in [0.2, 0.25) is 0 Å². The van der Waals surface area contributed by atoms with Gasteiger partial charge < -0.3 is 0 Å². The van der Waals surface area contributed by atoms with Crippen LogP contribution in [0, 0.1) is 5.92 Å². The van der Waals surface area contributed by atoms with Gasteiger partial charge in [-0.05, 0) is 42.0 Å². The van der Waals surface area contributed by atoms with Crippen LogP contribution in [-0.4, -0.2) is 21.6 Å². The molecule has 0 N–H and O–H groups in total. The minimum Gasteiger partial charge on any atom is -0.237 e. The van der Waals surface area contributed by atoms with Gasteiger partial charge in [0, 0.05) is 13.1 Å². The van der Waals surface area contributed by atoms with E-state index in [1.165, 1.54) is 11.1 Å². The summed E-state index contributed by atoms with van der Waals surface area (Å²) < 4.78 is 14.7. The second-order valence-corrected chi connectivity index (χ2v) is 7.24. The summed E-state index contributed by atoms with van der Waals surface area (Å²) in [5.41, 5.74) is 2.37. The lowest BCUT2D eigenvalue weighted by atomic mass is 10.0. The van der Waals surface area contributed by atoms with Gasteiger partial charge >= 0.3 is 0 Å². The van der Waals surface area contributed by atoms with Crippen molar-refractivity contribution in [2.75, 3.05) is 13.1 Å². The number of hydrogen-bond acceptors (Lipinski definition) is 1. The molecule has 1 fully saturated rings. The van der Waals surface area contributed by atoms with E-state index in [-0.39, 0.29) is 0 Å². The molecule has 0 radical (unpaired) electrons. The summed E-state index contributed by atoms with van der Waals surface area (Å²) in [5, 5.41) is 0. The first-order valence-corrected chi connectivity index (χ1v) is 9.67. The molecule has 3 rings (SSSR count). The highest BCUT2D eigenvalue weighted by Crippen LogP contribution is 2.23. The fourth-order valence-electron chi connectivity index (χ4n) is 2.69. The molecular formula is C20H27NOS. The van der Waals surface area contributed by atoms with Crippen LogP contribution in [0.15, 0.2) is 59.5 Å². The highest BCUT2D eigenvalue weighted by molar-refractivity contribution is 7.82. The minimum absolute atomic E-state index is 0.763. The molecule has 1 unspecified atom stereocenters. The third-order valence-electron chi connectivity index (χ3n) is 4.14. The maximum absolute atomic E-state index is 12.6. The summed E-state index contributed by atoms with van der Waals surface area (Å²) in [4.78, 5) is 0.907. The Morgan fingerprint density at radius 1 is 0.870 bits per heavy atom. The van der Waals surface area contributed by atoms with Crippen molar-refractivity contribution in [2.45, 2.75) is 38.5 Å². The molecule has 0 aromatic heterocycles. The minimum atomic E-state index is -1.02. The third kappa shape index (κ3) is 4.76. The maximum atomic E-state index is 12.6. The molecule has 0 saturated carbocycles. The Kier molecular flexibility index (Phi) is 7.00. The number of piperidine rings is 1. The predicted molar refractivity (Wildman–Crippen MR) is 99.6 cm³/mol. The molecule has 2 aromatic rings. The molecule has 1 aliphatic heterocycles. The fraction of sp³-hybridized carbons (Fsp3) is 0.400. The summed E-state index contributed by atoms with van der Waals surface area (Å²) in [6.45, 7) is 8.15. The normalized spacial score (nSPS) is 17.2. The maximum Gasteiger partial charge on any atom is 0.127 e. The Bertz CT molecular complexity index is 601. The molecule has 3 heteroatoms. The first-order chi connectivity index (χ1) is 11.2. The quantitative estimate of drug-likeness (QED) is 0.764. The van der Waals surface area contributed by atoms with Crippen LogP contribution in [0.25, 0.3) is 11.1 Å². The molecule has 1 aliphatic rings. The second kappa shape index (κ2) is 8.99. The van der Waals surface area contributed by atoms with Gasteiger partial charge in [0.1, 0.15) is 11.0 Å². The van der Waals surface area contributed by atoms with E-state index in [0.717, 1.165) is 36.7 Å². The van der Waals surface area contributed by atoms with Gasteiger partial charge in [0.05, 0.1) is 4.90 Å². The monoisotopic (exact) mass is 329 g/mol. The van der Waals surface area contributed by atoms with E-state index >= 15 is 0 Å². The van der Waals surface area contributed by atoms with Gasteiger partial charge in [0.2, 0.25) is 0 Å². The Morgan fingerprint density at radius 3 is 1.96 bits per heavy atom. The SMILES string of the molecule is CC.CC1CCN(S(=O)c2ccc(-c3ccccc3)cc2)CC1. The van der Waals surface area contributed by atoms with Crippen molar-refractivity contribution in [2.24, 2.45) is 5.92 Å². The average Bonchev–Trinajstić information content (AvgIpc) is 2.64. The van der Waals surface area contributed by atoms with E-state index in [2.05, 4.69) is 35.5 Å². The Labute approximate surface area is 143 Å². The number of nitrogens with zero attached hydrogens (tertiary/aromatic N) is 1. The first kappa shape index (κ1) is 17.9. The van der Waals surface area contributed by atoms with Crippen molar-refractivity contribution in [1.82, 2.24) is 4.31 Å². The van der Waals surface area contributed by atoms with Gasteiger partial charge in [-0.15, -0.1) is 0 Å². The first-order valence-electron chi connectivity index (χ1n) is 8.56. The molecule has 0 spiro atoms. The molecular weight excluding hydrogens is 302 g/mol. The molecule has 23 heavy (non-hydrogen) atoms. The van der Waals surface area contributed by atoms with Crippen LogP contribution in [0.3, 0.4) is 0 Å². The van der Waals surface area contributed by atoms with Crippen molar-refractivity contribution in [3.8, 4) is 11.1 Å². The largest absolute Gasteiger partial charge is 0.237 e. The van der Waals surface area contributed by atoms with E-state index in [0.29, 0.717) is 0 Å². The van der Waals surface area contributed by atoms with Crippen LogP contribution >= 0.6 is 0 Å². The van der Waals surface area contributed by atoms with Crippen molar-refractivity contribution in [1.29, 1.82) is 0 Å². The zero-order valence-electron chi connectivity index (χ0n) is 14.4. The highest BCUT2D eigenvalue weighted by Gasteiger charge is 2.21. The molecule has 2 nitrogen and oxygen atoms in total. The van der Waals surface area contributed by atoms with Crippen LogP contribution in [0.1, 0.15) is 33.6 Å². The summed E-state index contributed by atoms with van der Waals surface area (Å²) in [6, 6.07) is 18.4. The smallest absolute Gasteiger partial charge is 0.127 e. The fourth-order valence-corrected chi connectivity index (χ4v) is 3.90.